The lowest BCUT2D eigenvalue weighted by atomic mass is 9.91. The number of hydrogen-bond donors (Lipinski definition) is 4. The Kier molecular flexibility index (Phi) is 6.76. The molecule has 4 heterocycles. The van der Waals surface area contributed by atoms with E-state index in [0.29, 0.717) is 23.1 Å². The summed E-state index contributed by atoms with van der Waals surface area (Å²) < 4.78 is 3.02. The summed E-state index contributed by atoms with van der Waals surface area (Å²) in [5, 5.41) is 20.8. The third-order valence-electron chi connectivity index (χ3n) is 7.40. The Morgan fingerprint density at radius 1 is 1.27 bits per heavy atom. The van der Waals surface area contributed by atoms with Gasteiger partial charge in [-0.1, -0.05) is 22.9 Å². The highest BCUT2D eigenvalue weighted by molar-refractivity contribution is 7.22. The number of aliphatic hydroxyl groups is 1. The van der Waals surface area contributed by atoms with E-state index in [-0.39, 0.29) is 24.5 Å². The number of nitrogens with zero attached hydrogens (tertiary/aromatic N) is 4. The van der Waals surface area contributed by atoms with Crippen molar-refractivity contribution in [1.82, 2.24) is 30.1 Å². The number of rotatable bonds is 7. The molecule has 0 unspecified atom stereocenters. The van der Waals surface area contributed by atoms with E-state index in [0.717, 1.165) is 71.0 Å². The van der Waals surface area contributed by atoms with Gasteiger partial charge in [0, 0.05) is 49.2 Å². The van der Waals surface area contributed by atoms with Gasteiger partial charge in [0.05, 0.1) is 27.9 Å². The first-order valence-electron chi connectivity index (χ1n) is 12.7. The Morgan fingerprint density at radius 3 is 2.97 bits per heavy atom. The van der Waals surface area contributed by atoms with Gasteiger partial charge in [0.1, 0.15) is 0 Å². The number of imidazole rings is 1. The van der Waals surface area contributed by atoms with Crippen LogP contribution in [0.5, 0.6) is 0 Å². The lowest BCUT2D eigenvalue weighted by Crippen LogP contribution is -2.37. The zero-order chi connectivity index (χ0) is 25.5. The number of carbonyl (C=O) groups excluding carboxylic acids is 1. The van der Waals surface area contributed by atoms with Gasteiger partial charge in [-0.15, -0.1) is 0 Å². The number of amides is 1. The minimum absolute atomic E-state index is 0.0468. The summed E-state index contributed by atoms with van der Waals surface area (Å²) >= 11 is 7.68. The second-order valence-electron chi connectivity index (χ2n) is 9.82. The quantitative estimate of drug-likeness (QED) is 0.285. The van der Waals surface area contributed by atoms with Crippen molar-refractivity contribution in [3.63, 3.8) is 0 Å². The smallest absolute Gasteiger partial charge is 0.251 e. The summed E-state index contributed by atoms with van der Waals surface area (Å²) in [5.74, 6) is 0.781. The Balaban J connectivity index is 1.39. The average molecular weight is 540 g/mol. The van der Waals surface area contributed by atoms with Crippen molar-refractivity contribution in [2.45, 2.75) is 24.8 Å². The van der Waals surface area contributed by atoms with Crippen molar-refractivity contribution in [2.24, 2.45) is 7.05 Å². The number of thiazole rings is 1. The second kappa shape index (κ2) is 10.2. The number of benzene rings is 2. The Labute approximate surface area is 223 Å². The number of hydrogen-bond acceptors (Lipinski definition) is 8. The van der Waals surface area contributed by atoms with Crippen LogP contribution in [0.25, 0.3) is 21.3 Å². The van der Waals surface area contributed by atoms with Gasteiger partial charge in [-0.3, -0.25) is 4.79 Å². The average Bonchev–Trinajstić information content (AvgIpc) is 3.67. The van der Waals surface area contributed by atoms with Crippen molar-refractivity contribution in [2.75, 3.05) is 44.6 Å². The molecular weight excluding hydrogens is 510 g/mol. The predicted octanol–water partition coefficient (Wildman–Crippen LogP) is 3.45. The molecule has 4 aromatic rings. The molecule has 6 rings (SSSR count). The van der Waals surface area contributed by atoms with Gasteiger partial charge in [-0.25, -0.2) is 9.97 Å². The fourth-order valence-electron chi connectivity index (χ4n) is 5.50. The van der Waals surface area contributed by atoms with Crippen LogP contribution in [0.15, 0.2) is 30.3 Å². The maximum Gasteiger partial charge on any atom is 0.251 e. The van der Waals surface area contributed by atoms with Crippen molar-refractivity contribution >= 4 is 61.2 Å². The normalized spacial score (nSPS) is 20.3. The number of aryl methyl sites for hydroxylation is 1. The molecule has 2 atom stereocenters. The molecule has 0 spiro atoms. The molecule has 37 heavy (non-hydrogen) atoms. The molecule has 1 amide bonds. The molecule has 0 radical (unpaired) electrons. The highest BCUT2D eigenvalue weighted by Gasteiger charge is 2.31. The van der Waals surface area contributed by atoms with Crippen LogP contribution < -0.4 is 16.0 Å². The van der Waals surface area contributed by atoms with E-state index in [4.69, 9.17) is 16.6 Å². The molecule has 2 aliphatic heterocycles. The molecule has 2 aromatic heterocycles. The van der Waals surface area contributed by atoms with Gasteiger partial charge in [0.2, 0.25) is 5.95 Å². The molecular formula is C26H30ClN7O2S. The van der Waals surface area contributed by atoms with Crippen LogP contribution in [-0.2, 0) is 7.05 Å². The molecule has 2 aliphatic rings. The molecule has 11 heteroatoms. The zero-order valence-corrected chi connectivity index (χ0v) is 22.2. The number of aromatic nitrogens is 3. The second-order valence-corrected chi connectivity index (χ2v) is 11.3. The Hall–Kier alpha value is -2.76. The molecule has 0 saturated carbocycles. The van der Waals surface area contributed by atoms with Gasteiger partial charge in [0.15, 0.2) is 5.13 Å². The highest BCUT2D eigenvalue weighted by Crippen LogP contribution is 2.37. The topological polar surface area (TPSA) is 107 Å². The maximum atomic E-state index is 13.5. The number of carbonyl (C=O) groups is 1. The van der Waals surface area contributed by atoms with E-state index in [9.17, 15) is 9.90 Å². The van der Waals surface area contributed by atoms with E-state index in [2.05, 4.69) is 25.8 Å². The summed E-state index contributed by atoms with van der Waals surface area (Å²) in [6.45, 7) is 4.16. The monoisotopic (exact) mass is 539 g/mol. The van der Waals surface area contributed by atoms with Crippen molar-refractivity contribution in [1.29, 1.82) is 0 Å². The molecule has 194 valence electrons. The van der Waals surface area contributed by atoms with Crippen LogP contribution in [0, 0.1) is 0 Å². The zero-order valence-electron chi connectivity index (χ0n) is 20.6. The first-order chi connectivity index (χ1) is 18.0. The first kappa shape index (κ1) is 24.6. The van der Waals surface area contributed by atoms with Crippen LogP contribution in [0.2, 0.25) is 5.02 Å². The van der Waals surface area contributed by atoms with Gasteiger partial charge in [-0.2, -0.15) is 0 Å². The van der Waals surface area contributed by atoms with Crippen LogP contribution in [0.1, 0.15) is 34.7 Å². The molecule has 2 aromatic carbocycles. The van der Waals surface area contributed by atoms with Gasteiger partial charge < -0.3 is 30.5 Å². The molecule has 0 aliphatic carbocycles. The molecule has 0 bridgehead atoms. The van der Waals surface area contributed by atoms with Crippen molar-refractivity contribution < 1.29 is 9.90 Å². The molecule has 4 N–H and O–H groups in total. The van der Waals surface area contributed by atoms with E-state index in [1.807, 2.05) is 41.9 Å². The largest absolute Gasteiger partial charge is 0.395 e. The number of fused-ring (bicyclic) bond motifs is 2. The highest BCUT2D eigenvalue weighted by atomic mass is 35.5. The lowest BCUT2D eigenvalue weighted by Gasteiger charge is -2.19. The molecule has 2 fully saturated rings. The summed E-state index contributed by atoms with van der Waals surface area (Å²) in [7, 11) is 1.97. The maximum absolute atomic E-state index is 13.5. The van der Waals surface area contributed by atoms with Gasteiger partial charge >= 0.3 is 0 Å². The van der Waals surface area contributed by atoms with E-state index in [1.165, 1.54) is 11.3 Å². The van der Waals surface area contributed by atoms with Gasteiger partial charge in [0.25, 0.3) is 5.91 Å². The number of nitrogens with one attached hydrogen (secondary N) is 3. The minimum Gasteiger partial charge on any atom is -0.395 e. The number of halogens is 1. The predicted molar refractivity (Wildman–Crippen MR) is 148 cm³/mol. The number of anilines is 2. The standard InChI is InChI=1S/C26H30ClN7O2S/c1-33-20-5-3-18(24(36)29-17-6-8-28-13-17)22(15-7-9-34(14-15)10-11-35)23(20)31-25(33)32-26-30-19-4-2-16(27)12-21(19)37-26/h2-5,12,15,17,28,35H,6-11,13-14H2,1H3,(H,29,36)(H,30,31,32)/t15-,17+/m1/s1. The van der Waals surface area contributed by atoms with Crippen molar-refractivity contribution in [3.8, 4) is 0 Å². The van der Waals surface area contributed by atoms with Crippen LogP contribution in [0.4, 0.5) is 11.1 Å². The summed E-state index contributed by atoms with van der Waals surface area (Å²) in [4.78, 5) is 25.4. The Morgan fingerprint density at radius 2 is 2.16 bits per heavy atom. The summed E-state index contributed by atoms with van der Waals surface area (Å²) in [6.07, 6.45) is 1.85. The number of likely N-dealkylation sites (tertiary alicyclic amines) is 1. The minimum atomic E-state index is -0.0468. The van der Waals surface area contributed by atoms with Crippen LogP contribution in [-0.4, -0.2) is 75.8 Å². The summed E-state index contributed by atoms with van der Waals surface area (Å²) in [6, 6.07) is 9.72. The number of aliphatic hydroxyl groups excluding tert-OH is 1. The Bertz CT molecular complexity index is 1460. The van der Waals surface area contributed by atoms with Gasteiger partial charge in [-0.05, 0) is 61.8 Å². The van der Waals surface area contributed by atoms with E-state index in [1.54, 1.807) is 0 Å². The summed E-state index contributed by atoms with van der Waals surface area (Å²) in [5.41, 5.74) is 4.35. The first-order valence-corrected chi connectivity index (χ1v) is 13.9. The van der Waals surface area contributed by atoms with E-state index >= 15 is 0 Å². The lowest BCUT2D eigenvalue weighted by molar-refractivity contribution is 0.0938. The van der Waals surface area contributed by atoms with E-state index < -0.39 is 0 Å². The third-order valence-corrected chi connectivity index (χ3v) is 8.57. The fraction of sp³-hybridized carbons (Fsp3) is 0.423. The van der Waals surface area contributed by atoms with Crippen molar-refractivity contribution in [3.05, 3.63) is 46.5 Å². The number of β-amino-alcohol motifs (C(OH)–C–C–N with tert-alkyl or cyclic N) is 1. The SMILES string of the molecule is Cn1c(Nc2nc3ccc(Cl)cc3s2)nc2c([C@@H]3CCN(CCO)C3)c(C(=O)N[C@H]3CCNC3)ccc21. The van der Waals surface area contributed by atoms with Crippen LogP contribution in [0.3, 0.4) is 0 Å². The fourth-order valence-corrected chi connectivity index (χ4v) is 6.64. The molecule has 9 nitrogen and oxygen atoms in total. The third kappa shape index (κ3) is 4.80. The molecule has 2 saturated heterocycles. The van der Waals surface area contributed by atoms with Crippen LogP contribution >= 0.6 is 22.9 Å².